The Bertz CT molecular complexity index is 384. The number of aromatic nitrogens is 1. The number of rotatable bonds is 3. The minimum atomic E-state index is 0.781. The average molecular weight is 253 g/mol. The molecule has 0 radical (unpaired) electrons. The highest BCUT2D eigenvalue weighted by atomic mass is 32.2. The fourth-order valence-electron chi connectivity index (χ4n) is 0.912. The number of nitrogen functional groups attached to an aromatic ring is 1. The van der Waals surface area contributed by atoms with Crippen molar-refractivity contribution in [2.45, 2.75) is 18.7 Å². The van der Waals surface area contributed by atoms with Gasteiger partial charge in [-0.1, -0.05) is 13.8 Å². The van der Waals surface area contributed by atoms with Gasteiger partial charge in [-0.05, 0) is 36.2 Å². The van der Waals surface area contributed by atoms with Crippen molar-refractivity contribution < 1.29 is 0 Å². The van der Waals surface area contributed by atoms with E-state index in [1.165, 1.54) is 11.9 Å². The smallest absolute Gasteiger partial charge is 0.192 e. The van der Waals surface area contributed by atoms with Crippen LogP contribution < -0.4 is 10.5 Å². The van der Waals surface area contributed by atoms with Crippen LogP contribution in [0.25, 0.3) is 0 Å². The second-order valence-corrected chi connectivity index (χ2v) is 4.38. The maximum Gasteiger partial charge on any atom is 0.192 e. The first-order valence-electron chi connectivity index (χ1n) is 5.02. The Labute approximate surface area is 104 Å². The van der Waals surface area contributed by atoms with E-state index in [0.29, 0.717) is 0 Å². The Morgan fingerprint density at radius 1 is 1.25 bits per heavy atom. The molecule has 2 rings (SSSR count). The lowest BCUT2D eigenvalue weighted by atomic mass is 10.3. The van der Waals surface area contributed by atoms with Crippen LogP contribution in [0.1, 0.15) is 13.8 Å². The number of nitrogens with zero attached hydrogens (tertiary/aromatic N) is 1. The highest BCUT2D eigenvalue weighted by molar-refractivity contribution is 8.00. The zero-order chi connectivity index (χ0) is 11.8. The van der Waals surface area contributed by atoms with Gasteiger partial charge in [0.1, 0.15) is 0 Å². The Morgan fingerprint density at radius 3 is 2.50 bits per heavy atom. The fraction of sp³-hybridized carbons (Fsp3) is 0.182. The summed E-state index contributed by atoms with van der Waals surface area (Å²) >= 11 is 3.11. The molecule has 16 heavy (non-hydrogen) atoms. The van der Waals surface area contributed by atoms with E-state index in [4.69, 9.17) is 5.73 Å². The lowest BCUT2D eigenvalue weighted by molar-refractivity contribution is 1.42. The van der Waals surface area contributed by atoms with Gasteiger partial charge in [0.05, 0.1) is 0 Å². The number of hydrogen-bond acceptors (Lipinski definition) is 5. The third-order valence-electron chi connectivity index (χ3n) is 1.57. The molecule has 1 aromatic carbocycles. The van der Waals surface area contributed by atoms with E-state index in [2.05, 4.69) is 9.71 Å². The topological polar surface area (TPSA) is 50.9 Å². The van der Waals surface area contributed by atoms with Crippen LogP contribution in [0.4, 0.5) is 10.8 Å². The van der Waals surface area contributed by atoms with Crippen molar-refractivity contribution in [2.75, 3.05) is 10.5 Å². The SMILES string of the molecule is CC.Nc1ccc(SNc2nccs2)cc1. The third kappa shape index (κ3) is 4.12. The standard InChI is InChI=1S/C9H9N3S2.C2H6/c10-7-1-3-8(4-2-7)14-12-9-11-5-6-13-9;1-2/h1-6H,10H2,(H,11,12);1-2H3. The summed E-state index contributed by atoms with van der Waals surface area (Å²) in [5, 5.41) is 2.85. The molecule has 1 heterocycles. The minimum absolute atomic E-state index is 0.781. The summed E-state index contributed by atoms with van der Waals surface area (Å²) in [6, 6.07) is 7.71. The number of hydrogen-bond donors (Lipinski definition) is 2. The van der Waals surface area contributed by atoms with Crippen LogP contribution in [-0.2, 0) is 0 Å². The molecule has 0 unspecified atom stereocenters. The molecule has 0 saturated heterocycles. The van der Waals surface area contributed by atoms with Gasteiger partial charge in [-0.25, -0.2) is 4.98 Å². The van der Waals surface area contributed by atoms with Crippen molar-refractivity contribution in [1.82, 2.24) is 4.98 Å². The maximum absolute atomic E-state index is 5.58. The molecule has 2 aromatic rings. The van der Waals surface area contributed by atoms with Gasteiger partial charge in [0.2, 0.25) is 0 Å². The second-order valence-electron chi connectivity index (χ2n) is 2.61. The van der Waals surface area contributed by atoms with Crippen LogP contribution >= 0.6 is 23.3 Å². The molecule has 0 spiro atoms. The number of thiazole rings is 1. The van der Waals surface area contributed by atoms with Crippen molar-refractivity contribution in [3.05, 3.63) is 35.8 Å². The summed E-state index contributed by atoms with van der Waals surface area (Å²) in [6.07, 6.45) is 1.77. The molecule has 86 valence electrons. The van der Waals surface area contributed by atoms with Crippen molar-refractivity contribution in [1.29, 1.82) is 0 Å². The summed E-state index contributed by atoms with van der Waals surface area (Å²) in [5.41, 5.74) is 6.36. The summed E-state index contributed by atoms with van der Waals surface area (Å²) in [4.78, 5) is 5.23. The van der Waals surface area contributed by atoms with Crippen molar-refractivity contribution in [3.8, 4) is 0 Å². The highest BCUT2D eigenvalue weighted by Gasteiger charge is 1.96. The van der Waals surface area contributed by atoms with Crippen molar-refractivity contribution in [2.24, 2.45) is 0 Å². The van der Waals surface area contributed by atoms with E-state index in [0.717, 1.165) is 15.7 Å². The summed E-state index contributed by atoms with van der Waals surface area (Å²) in [5.74, 6) is 0. The van der Waals surface area contributed by atoms with E-state index in [9.17, 15) is 0 Å². The van der Waals surface area contributed by atoms with Crippen LogP contribution in [0.3, 0.4) is 0 Å². The van der Waals surface area contributed by atoms with Crippen LogP contribution in [-0.4, -0.2) is 4.98 Å². The van der Waals surface area contributed by atoms with Crippen LogP contribution in [0.5, 0.6) is 0 Å². The Kier molecular flexibility index (Phi) is 5.74. The lowest BCUT2D eigenvalue weighted by Gasteiger charge is -2.01. The van der Waals surface area contributed by atoms with Gasteiger partial charge in [-0.15, -0.1) is 11.3 Å². The maximum atomic E-state index is 5.58. The Balaban J connectivity index is 0.000000606. The molecule has 0 amide bonds. The van der Waals surface area contributed by atoms with E-state index < -0.39 is 0 Å². The molecule has 1 aromatic heterocycles. The first-order chi connectivity index (χ1) is 7.84. The number of nitrogens with one attached hydrogen (secondary N) is 1. The lowest BCUT2D eigenvalue weighted by Crippen LogP contribution is -1.86. The zero-order valence-corrected chi connectivity index (χ0v) is 10.9. The summed E-state index contributed by atoms with van der Waals surface area (Å²) in [7, 11) is 0. The predicted molar refractivity (Wildman–Crippen MR) is 73.8 cm³/mol. The normalized spacial score (nSPS) is 9.12. The van der Waals surface area contributed by atoms with E-state index >= 15 is 0 Å². The van der Waals surface area contributed by atoms with Gasteiger partial charge in [-0.2, -0.15) is 0 Å². The molecule has 3 nitrogen and oxygen atoms in total. The molecule has 0 fully saturated rings. The van der Waals surface area contributed by atoms with Gasteiger partial charge < -0.3 is 10.5 Å². The minimum Gasteiger partial charge on any atom is -0.399 e. The molecule has 5 heteroatoms. The third-order valence-corrected chi connectivity index (χ3v) is 3.19. The predicted octanol–water partition coefficient (Wildman–Crippen LogP) is 3.87. The molecular weight excluding hydrogens is 238 g/mol. The first-order valence-corrected chi connectivity index (χ1v) is 6.72. The van der Waals surface area contributed by atoms with Crippen molar-refractivity contribution >= 4 is 34.1 Å². The van der Waals surface area contributed by atoms with Gasteiger partial charge >= 0.3 is 0 Å². The van der Waals surface area contributed by atoms with Gasteiger partial charge in [-0.3, -0.25) is 0 Å². The quantitative estimate of drug-likeness (QED) is 0.644. The van der Waals surface area contributed by atoms with E-state index in [1.54, 1.807) is 17.5 Å². The molecule has 0 aliphatic heterocycles. The highest BCUT2D eigenvalue weighted by Crippen LogP contribution is 2.22. The Hall–Kier alpha value is -1.20. The van der Waals surface area contributed by atoms with Crippen LogP contribution in [0.15, 0.2) is 40.7 Å². The van der Waals surface area contributed by atoms with Crippen LogP contribution in [0.2, 0.25) is 0 Å². The second kappa shape index (κ2) is 7.14. The number of anilines is 2. The molecule has 0 bridgehead atoms. The van der Waals surface area contributed by atoms with Gasteiger partial charge in [0, 0.05) is 22.2 Å². The molecule has 0 aliphatic rings. The number of nitrogens with two attached hydrogens (primary N) is 1. The largest absolute Gasteiger partial charge is 0.399 e. The average Bonchev–Trinajstić information content (AvgIpc) is 2.84. The monoisotopic (exact) mass is 253 g/mol. The molecule has 0 aliphatic carbocycles. The number of benzene rings is 1. The molecule has 3 N–H and O–H groups in total. The summed E-state index contributed by atoms with van der Waals surface area (Å²) in [6.45, 7) is 4.00. The zero-order valence-electron chi connectivity index (χ0n) is 9.31. The van der Waals surface area contributed by atoms with Crippen LogP contribution in [0, 0.1) is 0 Å². The summed E-state index contributed by atoms with van der Waals surface area (Å²) < 4.78 is 3.14. The van der Waals surface area contributed by atoms with E-state index in [-0.39, 0.29) is 0 Å². The first kappa shape index (κ1) is 12.9. The molecule has 0 atom stereocenters. The van der Waals surface area contributed by atoms with Gasteiger partial charge in [0.15, 0.2) is 5.13 Å². The van der Waals surface area contributed by atoms with Crippen molar-refractivity contribution in [3.63, 3.8) is 0 Å². The fourth-order valence-corrected chi connectivity index (χ4v) is 2.13. The Morgan fingerprint density at radius 2 is 1.94 bits per heavy atom. The molecular formula is C11H15N3S2. The van der Waals surface area contributed by atoms with Gasteiger partial charge in [0.25, 0.3) is 0 Å². The van der Waals surface area contributed by atoms with E-state index in [1.807, 2.05) is 43.5 Å². The molecule has 0 saturated carbocycles.